The van der Waals surface area contributed by atoms with Gasteiger partial charge in [-0.15, -0.1) is 0 Å². The third-order valence-corrected chi connectivity index (χ3v) is 3.85. The third kappa shape index (κ3) is 4.45. The first kappa shape index (κ1) is 14.0. The summed E-state index contributed by atoms with van der Waals surface area (Å²) in [5, 5.41) is 0. The summed E-state index contributed by atoms with van der Waals surface area (Å²) >= 11 is 0. The van der Waals surface area contributed by atoms with E-state index in [0.29, 0.717) is 10.8 Å². The van der Waals surface area contributed by atoms with E-state index in [1.165, 1.54) is 25.9 Å². The molecule has 2 unspecified atom stereocenters. The van der Waals surface area contributed by atoms with Crippen molar-refractivity contribution in [2.75, 3.05) is 20.1 Å². The normalized spacial score (nSPS) is 29.4. The van der Waals surface area contributed by atoms with Crippen molar-refractivity contribution in [2.24, 2.45) is 22.7 Å². The van der Waals surface area contributed by atoms with Crippen LogP contribution < -0.4 is 0 Å². The number of rotatable bonds is 1. The van der Waals surface area contributed by atoms with Gasteiger partial charge in [0.05, 0.1) is 0 Å². The second kappa shape index (κ2) is 4.68. The van der Waals surface area contributed by atoms with Crippen LogP contribution in [0.15, 0.2) is 0 Å². The molecule has 0 aromatic rings. The molecule has 0 saturated carbocycles. The number of hydrogen-bond acceptors (Lipinski definition) is 1. The monoisotopic (exact) mass is 225 g/mol. The largest absolute Gasteiger partial charge is 0.306 e. The Morgan fingerprint density at radius 2 is 1.56 bits per heavy atom. The fourth-order valence-corrected chi connectivity index (χ4v) is 3.08. The smallest absolute Gasteiger partial charge is 0.00118 e. The molecule has 1 saturated heterocycles. The van der Waals surface area contributed by atoms with E-state index in [1.54, 1.807) is 0 Å². The van der Waals surface area contributed by atoms with E-state index in [0.717, 1.165) is 11.8 Å². The zero-order valence-corrected chi connectivity index (χ0v) is 12.4. The van der Waals surface area contributed by atoms with Crippen LogP contribution in [-0.2, 0) is 0 Å². The maximum absolute atomic E-state index is 2.54. The Bertz CT molecular complexity index is 219. The van der Waals surface area contributed by atoms with Gasteiger partial charge in [0.25, 0.3) is 0 Å². The molecule has 1 fully saturated rings. The van der Waals surface area contributed by atoms with Gasteiger partial charge in [0, 0.05) is 13.1 Å². The van der Waals surface area contributed by atoms with Crippen LogP contribution >= 0.6 is 0 Å². The van der Waals surface area contributed by atoms with Crippen molar-refractivity contribution in [1.82, 2.24) is 4.90 Å². The minimum Gasteiger partial charge on any atom is -0.306 e. The number of likely N-dealkylation sites (tertiary alicyclic amines) is 1. The number of nitrogens with zero attached hydrogens (tertiary/aromatic N) is 1. The van der Waals surface area contributed by atoms with Crippen LogP contribution in [0.2, 0.25) is 0 Å². The van der Waals surface area contributed by atoms with Crippen molar-refractivity contribution in [1.29, 1.82) is 0 Å². The maximum atomic E-state index is 2.54. The zero-order valence-electron chi connectivity index (χ0n) is 12.4. The van der Waals surface area contributed by atoms with E-state index in [9.17, 15) is 0 Å². The van der Waals surface area contributed by atoms with E-state index < -0.39 is 0 Å². The predicted octanol–water partition coefficient (Wildman–Crippen LogP) is 4.04. The standard InChI is InChI=1S/C15H31N/c1-14(2,3)9-12-8-13(15(4,5)6)11-16(7)10-12/h12-13H,8-11H2,1-7H3. The van der Waals surface area contributed by atoms with Gasteiger partial charge in [-0.25, -0.2) is 0 Å². The van der Waals surface area contributed by atoms with E-state index in [1.807, 2.05) is 0 Å². The van der Waals surface area contributed by atoms with Crippen molar-refractivity contribution < 1.29 is 0 Å². The molecule has 1 aliphatic rings. The molecule has 0 aromatic carbocycles. The number of hydrogen-bond donors (Lipinski definition) is 0. The van der Waals surface area contributed by atoms with Gasteiger partial charge >= 0.3 is 0 Å². The molecule has 1 aliphatic heterocycles. The average molecular weight is 225 g/mol. The minimum absolute atomic E-state index is 0.463. The Hall–Kier alpha value is -0.0400. The first-order valence-corrected chi connectivity index (χ1v) is 6.76. The lowest BCUT2D eigenvalue weighted by molar-refractivity contribution is 0.0619. The van der Waals surface area contributed by atoms with E-state index in [4.69, 9.17) is 0 Å². The van der Waals surface area contributed by atoms with Gasteiger partial charge < -0.3 is 4.90 Å². The molecule has 96 valence electrons. The molecule has 0 amide bonds. The lowest BCUT2D eigenvalue weighted by Crippen LogP contribution is -2.43. The van der Waals surface area contributed by atoms with Crippen molar-refractivity contribution in [3.05, 3.63) is 0 Å². The summed E-state index contributed by atoms with van der Waals surface area (Å²) < 4.78 is 0. The fraction of sp³-hybridized carbons (Fsp3) is 1.00. The summed E-state index contributed by atoms with van der Waals surface area (Å²) in [5.41, 5.74) is 0.941. The minimum atomic E-state index is 0.463. The van der Waals surface area contributed by atoms with Crippen LogP contribution in [0.1, 0.15) is 54.4 Å². The Labute approximate surface area is 103 Å². The second-order valence-corrected chi connectivity index (χ2v) is 8.15. The van der Waals surface area contributed by atoms with Gasteiger partial charge in [-0.2, -0.15) is 0 Å². The van der Waals surface area contributed by atoms with E-state index in [-0.39, 0.29) is 0 Å². The number of piperidine rings is 1. The lowest BCUT2D eigenvalue weighted by atomic mass is 9.70. The predicted molar refractivity (Wildman–Crippen MR) is 72.6 cm³/mol. The molecule has 1 heteroatoms. The van der Waals surface area contributed by atoms with Crippen molar-refractivity contribution >= 4 is 0 Å². The first-order valence-electron chi connectivity index (χ1n) is 6.76. The Morgan fingerprint density at radius 1 is 1.00 bits per heavy atom. The highest BCUT2D eigenvalue weighted by Gasteiger charge is 2.34. The van der Waals surface area contributed by atoms with Crippen LogP contribution in [0.4, 0.5) is 0 Å². The van der Waals surface area contributed by atoms with Gasteiger partial charge in [0.1, 0.15) is 0 Å². The summed E-state index contributed by atoms with van der Waals surface area (Å²) in [6, 6.07) is 0. The Morgan fingerprint density at radius 3 is 2.00 bits per heavy atom. The molecule has 16 heavy (non-hydrogen) atoms. The zero-order chi connectivity index (χ0) is 12.6. The lowest BCUT2D eigenvalue weighted by Gasteiger charge is -2.43. The summed E-state index contributed by atoms with van der Waals surface area (Å²) in [6.45, 7) is 16.9. The van der Waals surface area contributed by atoms with Crippen LogP contribution in [0.3, 0.4) is 0 Å². The van der Waals surface area contributed by atoms with Gasteiger partial charge in [-0.1, -0.05) is 41.5 Å². The molecular formula is C15H31N. The van der Waals surface area contributed by atoms with Crippen molar-refractivity contribution in [3.8, 4) is 0 Å². The topological polar surface area (TPSA) is 3.24 Å². The Balaban J connectivity index is 2.61. The van der Waals surface area contributed by atoms with E-state index in [2.05, 4.69) is 53.5 Å². The second-order valence-electron chi connectivity index (χ2n) is 8.15. The first-order chi connectivity index (χ1) is 7.08. The molecule has 0 aromatic heterocycles. The summed E-state index contributed by atoms with van der Waals surface area (Å²) in [7, 11) is 2.29. The summed E-state index contributed by atoms with van der Waals surface area (Å²) in [4.78, 5) is 2.54. The molecule has 0 radical (unpaired) electrons. The molecule has 2 atom stereocenters. The quantitative estimate of drug-likeness (QED) is 0.651. The summed E-state index contributed by atoms with van der Waals surface area (Å²) in [5.74, 6) is 1.75. The molecule has 1 heterocycles. The van der Waals surface area contributed by atoms with E-state index >= 15 is 0 Å². The van der Waals surface area contributed by atoms with Gasteiger partial charge in [-0.3, -0.25) is 0 Å². The Kier molecular flexibility index (Phi) is 4.10. The average Bonchev–Trinajstić information content (AvgIpc) is 1.97. The highest BCUT2D eigenvalue weighted by molar-refractivity contribution is 4.86. The van der Waals surface area contributed by atoms with Gasteiger partial charge in [0.15, 0.2) is 0 Å². The molecule has 1 nitrogen and oxygen atoms in total. The van der Waals surface area contributed by atoms with Crippen LogP contribution in [0.25, 0.3) is 0 Å². The summed E-state index contributed by atoms with van der Waals surface area (Å²) in [6.07, 6.45) is 2.79. The molecule has 0 N–H and O–H groups in total. The highest BCUT2D eigenvalue weighted by atomic mass is 15.1. The SMILES string of the molecule is CN1CC(CC(C)(C)C)CC(C(C)(C)C)C1. The molecule has 0 bridgehead atoms. The molecule has 0 aliphatic carbocycles. The molecule has 0 spiro atoms. The van der Waals surface area contributed by atoms with Crippen molar-refractivity contribution in [3.63, 3.8) is 0 Å². The highest BCUT2D eigenvalue weighted by Crippen LogP contribution is 2.38. The molecular weight excluding hydrogens is 194 g/mol. The maximum Gasteiger partial charge on any atom is 0.00118 e. The molecule has 1 rings (SSSR count). The van der Waals surface area contributed by atoms with Crippen LogP contribution in [0, 0.1) is 22.7 Å². The third-order valence-electron chi connectivity index (χ3n) is 3.85. The van der Waals surface area contributed by atoms with Crippen LogP contribution in [-0.4, -0.2) is 25.0 Å². The van der Waals surface area contributed by atoms with Crippen LogP contribution in [0.5, 0.6) is 0 Å². The fourth-order valence-electron chi connectivity index (χ4n) is 3.08. The van der Waals surface area contributed by atoms with Gasteiger partial charge in [0.2, 0.25) is 0 Å². The van der Waals surface area contributed by atoms with Gasteiger partial charge in [-0.05, 0) is 42.6 Å². The van der Waals surface area contributed by atoms with Crippen molar-refractivity contribution in [2.45, 2.75) is 54.4 Å².